The topological polar surface area (TPSA) is 75.7 Å². The maximum Gasteiger partial charge on any atom is 0.258 e. The van der Waals surface area contributed by atoms with Crippen LogP contribution in [-0.2, 0) is 14.8 Å². The van der Waals surface area contributed by atoms with Crippen LogP contribution in [0.5, 0.6) is 5.75 Å². The van der Waals surface area contributed by atoms with E-state index in [0.717, 1.165) is 19.1 Å². The number of carbonyl (C=O) groups excluding carboxylic acids is 1. The fourth-order valence-electron chi connectivity index (χ4n) is 2.43. The third-order valence-electron chi connectivity index (χ3n) is 3.79. The van der Waals surface area contributed by atoms with Gasteiger partial charge in [-0.15, -0.1) is 0 Å². The number of hydrogen-bond acceptors (Lipinski definition) is 4. The van der Waals surface area contributed by atoms with Crippen LogP contribution in [0.15, 0.2) is 24.3 Å². The lowest BCUT2D eigenvalue weighted by atomic mass is 10.2. The SMILES string of the molecule is CN(c1ccc(OCC(=O)NC2CCCC2)cc1)S(C)(=O)=O. The number of amides is 1. The van der Waals surface area contributed by atoms with Gasteiger partial charge in [-0.1, -0.05) is 12.8 Å². The number of nitrogens with one attached hydrogen (secondary N) is 1. The summed E-state index contributed by atoms with van der Waals surface area (Å²) in [5, 5.41) is 2.95. The molecule has 6 nitrogen and oxygen atoms in total. The van der Waals surface area contributed by atoms with E-state index in [9.17, 15) is 13.2 Å². The number of carbonyl (C=O) groups is 1. The number of anilines is 1. The zero-order chi connectivity index (χ0) is 16.2. The number of benzene rings is 1. The van der Waals surface area contributed by atoms with Gasteiger partial charge in [-0.05, 0) is 37.1 Å². The molecule has 2 rings (SSSR count). The first-order valence-corrected chi connectivity index (χ1v) is 9.17. The summed E-state index contributed by atoms with van der Waals surface area (Å²) >= 11 is 0. The standard InChI is InChI=1S/C15H22N2O4S/c1-17(22(2,19)20)13-7-9-14(10-8-13)21-11-15(18)16-12-5-3-4-6-12/h7-10,12H,3-6,11H2,1-2H3,(H,16,18). The Hall–Kier alpha value is -1.76. The molecule has 1 aromatic carbocycles. The summed E-state index contributed by atoms with van der Waals surface area (Å²) in [4.78, 5) is 11.8. The van der Waals surface area contributed by atoms with Gasteiger partial charge in [-0.3, -0.25) is 9.10 Å². The Balaban J connectivity index is 1.84. The zero-order valence-electron chi connectivity index (χ0n) is 12.9. The summed E-state index contributed by atoms with van der Waals surface area (Å²) in [5.74, 6) is 0.413. The largest absolute Gasteiger partial charge is 0.484 e. The molecule has 0 radical (unpaired) electrons. The van der Waals surface area contributed by atoms with Crippen LogP contribution >= 0.6 is 0 Å². The molecule has 0 spiro atoms. The van der Waals surface area contributed by atoms with Gasteiger partial charge in [0.05, 0.1) is 11.9 Å². The fraction of sp³-hybridized carbons (Fsp3) is 0.533. The number of sulfonamides is 1. The zero-order valence-corrected chi connectivity index (χ0v) is 13.7. The highest BCUT2D eigenvalue weighted by Crippen LogP contribution is 2.20. The van der Waals surface area contributed by atoms with Gasteiger partial charge < -0.3 is 10.1 Å². The van der Waals surface area contributed by atoms with Gasteiger partial charge >= 0.3 is 0 Å². The molecule has 0 heterocycles. The summed E-state index contributed by atoms with van der Waals surface area (Å²) in [6.07, 6.45) is 5.56. The van der Waals surface area contributed by atoms with Crippen LogP contribution in [0.2, 0.25) is 0 Å². The van der Waals surface area contributed by atoms with Crippen LogP contribution in [0.3, 0.4) is 0 Å². The lowest BCUT2D eigenvalue weighted by Gasteiger charge is -2.17. The van der Waals surface area contributed by atoms with E-state index in [-0.39, 0.29) is 18.6 Å². The molecule has 1 fully saturated rings. The summed E-state index contributed by atoms with van der Waals surface area (Å²) in [6, 6.07) is 6.87. The highest BCUT2D eigenvalue weighted by Gasteiger charge is 2.17. The van der Waals surface area contributed by atoms with E-state index in [1.165, 1.54) is 24.2 Å². The van der Waals surface area contributed by atoms with Crippen molar-refractivity contribution in [3.8, 4) is 5.75 Å². The Labute approximate surface area is 131 Å². The molecule has 0 saturated heterocycles. The average Bonchev–Trinajstić information content (AvgIpc) is 2.97. The van der Waals surface area contributed by atoms with Gasteiger partial charge in [-0.2, -0.15) is 0 Å². The van der Waals surface area contributed by atoms with Crippen molar-refractivity contribution in [3.05, 3.63) is 24.3 Å². The second-order valence-corrected chi connectivity index (χ2v) is 7.58. The Morgan fingerprint density at radius 1 is 1.27 bits per heavy atom. The van der Waals surface area contributed by atoms with Crippen molar-refractivity contribution in [2.75, 3.05) is 24.2 Å². The van der Waals surface area contributed by atoms with Crippen LogP contribution in [0.4, 0.5) is 5.69 Å². The highest BCUT2D eigenvalue weighted by atomic mass is 32.2. The first-order chi connectivity index (χ1) is 10.4. The number of nitrogens with zero attached hydrogens (tertiary/aromatic N) is 1. The van der Waals surface area contributed by atoms with E-state index < -0.39 is 10.0 Å². The molecule has 122 valence electrons. The third kappa shape index (κ3) is 4.62. The minimum absolute atomic E-state index is 0.0300. The normalized spacial score (nSPS) is 15.5. The molecule has 0 unspecified atom stereocenters. The second-order valence-electron chi connectivity index (χ2n) is 5.56. The summed E-state index contributed by atoms with van der Waals surface area (Å²) < 4.78 is 29.5. The molecule has 7 heteroatoms. The van der Waals surface area contributed by atoms with Crippen LogP contribution in [0.25, 0.3) is 0 Å². The van der Waals surface area contributed by atoms with Crippen LogP contribution in [-0.4, -0.2) is 40.3 Å². The van der Waals surface area contributed by atoms with Crippen LogP contribution in [0, 0.1) is 0 Å². The van der Waals surface area contributed by atoms with Gasteiger partial charge in [-0.25, -0.2) is 8.42 Å². The Bertz CT molecular complexity index is 607. The van der Waals surface area contributed by atoms with E-state index in [2.05, 4.69) is 5.32 Å². The predicted octanol–water partition coefficient (Wildman–Crippen LogP) is 1.52. The number of ether oxygens (including phenoxy) is 1. The highest BCUT2D eigenvalue weighted by molar-refractivity contribution is 7.92. The monoisotopic (exact) mass is 326 g/mol. The van der Waals surface area contributed by atoms with Gasteiger partial charge in [0.25, 0.3) is 5.91 Å². The molecule has 1 amide bonds. The van der Waals surface area contributed by atoms with Crippen molar-refractivity contribution in [2.45, 2.75) is 31.7 Å². The first kappa shape index (κ1) is 16.6. The van der Waals surface area contributed by atoms with Gasteiger partial charge in [0.15, 0.2) is 6.61 Å². The van der Waals surface area contributed by atoms with Crippen molar-refractivity contribution in [1.29, 1.82) is 0 Å². The van der Waals surface area contributed by atoms with E-state index in [1.807, 2.05) is 0 Å². The maximum absolute atomic E-state index is 11.8. The third-order valence-corrected chi connectivity index (χ3v) is 4.99. The van der Waals surface area contributed by atoms with Crippen molar-refractivity contribution in [2.24, 2.45) is 0 Å². The molecule has 1 saturated carbocycles. The Morgan fingerprint density at radius 2 is 1.86 bits per heavy atom. The molecule has 0 bridgehead atoms. The molecular weight excluding hydrogens is 304 g/mol. The van der Waals surface area contributed by atoms with Crippen molar-refractivity contribution in [1.82, 2.24) is 5.32 Å². The molecule has 1 aromatic rings. The lowest BCUT2D eigenvalue weighted by Crippen LogP contribution is -2.36. The minimum atomic E-state index is -3.28. The summed E-state index contributed by atoms with van der Waals surface area (Å²) in [7, 11) is -1.79. The van der Waals surface area contributed by atoms with Crippen molar-refractivity contribution >= 4 is 21.6 Å². The fourth-order valence-corrected chi connectivity index (χ4v) is 2.94. The number of hydrogen-bond donors (Lipinski definition) is 1. The minimum Gasteiger partial charge on any atom is -0.484 e. The molecule has 1 aliphatic rings. The van der Waals surface area contributed by atoms with E-state index in [4.69, 9.17) is 4.74 Å². The molecule has 0 aliphatic heterocycles. The Morgan fingerprint density at radius 3 is 2.41 bits per heavy atom. The molecule has 22 heavy (non-hydrogen) atoms. The average molecular weight is 326 g/mol. The van der Waals surface area contributed by atoms with Gasteiger partial charge in [0.2, 0.25) is 10.0 Å². The van der Waals surface area contributed by atoms with Crippen molar-refractivity contribution < 1.29 is 17.9 Å². The van der Waals surface area contributed by atoms with Gasteiger partial charge in [0.1, 0.15) is 5.75 Å². The van der Waals surface area contributed by atoms with Crippen LogP contribution < -0.4 is 14.4 Å². The maximum atomic E-state index is 11.8. The van der Waals surface area contributed by atoms with E-state index in [1.54, 1.807) is 24.3 Å². The molecule has 1 N–H and O–H groups in total. The summed E-state index contributed by atoms with van der Waals surface area (Å²) in [5.41, 5.74) is 0.547. The molecular formula is C15H22N2O4S. The molecule has 0 atom stereocenters. The number of rotatable bonds is 6. The van der Waals surface area contributed by atoms with E-state index >= 15 is 0 Å². The smallest absolute Gasteiger partial charge is 0.258 e. The van der Waals surface area contributed by atoms with E-state index in [0.29, 0.717) is 11.4 Å². The van der Waals surface area contributed by atoms with Crippen LogP contribution in [0.1, 0.15) is 25.7 Å². The summed E-state index contributed by atoms with van der Waals surface area (Å²) in [6.45, 7) is -0.0300. The van der Waals surface area contributed by atoms with Gasteiger partial charge in [0, 0.05) is 13.1 Å². The first-order valence-electron chi connectivity index (χ1n) is 7.32. The second kappa shape index (κ2) is 7.00. The van der Waals surface area contributed by atoms with Crippen molar-refractivity contribution in [3.63, 3.8) is 0 Å². The molecule has 1 aliphatic carbocycles. The predicted molar refractivity (Wildman–Crippen MR) is 85.6 cm³/mol. The molecule has 0 aromatic heterocycles. The quantitative estimate of drug-likeness (QED) is 0.860. The lowest BCUT2D eigenvalue weighted by molar-refractivity contribution is -0.123. The Kier molecular flexibility index (Phi) is 5.28.